The Kier molecular flexibility index (Phi) is 6.70. The first-order valence-electron chi connectivity index (χ1n) is 12.9. The van der Waals surface area contributed by atoms with Gasteiger partial charge in [-0.25, -0.2) is 0 Å². The summed E-state index contributed by atoms with van der Waals surface area (Å²) >= 11 is 0. The standard InChI is InChI=1S/C27H44O3/c1-5-10-21-24-19(15-18-29-21)11-12-20-25(24)30-23(28)14-13-22-26(6-2,7-3)16-9-17-27(20,22)8-4/h10,20,22-23,25,28H,5-9,11-18H2,1-4H3/b21-10+/t20-,22-,23+,25-,27+/m0/s1. The summed E-state index contributed by atoms with van der Waals surface area (Å²) in [7, 11) is 0. The van der Waals surface area contributed by atoms with Crippen molar-refractivity contribution in [3.05, 3.63) is 23.0 Å². The molecule has 0 amide bonds. The summed E-state index contributed by atoms with van der Waals surface area (Å²) in [5, 5.41) is 10.9. The number of hydrogen-bond donors (Lipinski definition) is 1. The lowest BCUT2D eigenvalue weighted by atomic mass is 9.45. The summed E-state index contributed by atoms with van der Waals surface area (Å²) in [5.41, 5.74) is 3.60. The van der Waals surface area contributed by atoms with Gasteiger partial charge in [0.1, 0.15) is 5.76 Å². The molecule has 1 saturated heterocycles. The molecule has 0 spiro atoms. The van der Waals surface area contributed by atoms with Crippen molar-refractivity contribution in [3.63, 3.8) is 0 Å². The average molecular weight is 417 g/mol. The lowest BCUT2D eigenvalue weighted by Crippen LogP contribution is -2.56. The molecule has 2 fully saturated rings. The molecule has 30 heavy (non-hydrogen) atoms. The molecule has 4 aliphatic rings. The van der Waals surface area contributed by atoms with E-state index < -0.39 is 6.29 Å². The molecule has 2 heterocycles. The molecule has 0 unspecified atom stereocenters. The Morgan fingerprint density at radius 3 is 2.50 bits per heavy atom. The van der Waals surface area contributed by atoms with Gasteiger partial charge in [0.05, 0.1) is 12.7 Å². The van der Waals surface area contributed by atoms with Crippen LogP contribution in [0.3, 0.4) is 0 Å². The molecule has 2 aliphatic heterocycles. The second-order valence-electron chi connectivity index (χ2n) is 10.4. The van der Waals surface area contributed by atoms with Gasteiger partial charge in [-0.05, 0) is 80.1 Å². The van der Waals surface area contributed by atoms with E-state index in [1.807, 2.05) is 0 Å². The van der Waals surface area contributed by atoms with Crippen LogP contribution in [0.25, 0.3) is 0 Å². The van der Waals surface area contributed by atoms with Gasteiger partial charge < -0.3 is 14.6 Å². The summed E-state index contributed by atoms with van der Waals surface area (Å²) in [5.74, 6) is 2.23. The van der Waals surface area contributed by atoms with Crippen LogP contribution < -0.4 is 0 Å². The van der Waals surface area contributed by atoms with Crippen LogP contribution in [0.5, 0.6) is 0 Å². The molecular formula is C27H44O3. The Hall–Kier alpha value is -0.800. The van der Waals surface area contributed by atoms with Crippen LogP contribution in [0.15, 0.2) is 23.0 Å². The summed E-state index contributed by atoms with van der Waals surface area (Å²) in [6.07, 6.45) is 15.6. The van der Waals surface area contributed by atoms with Gasteiger partial charge in [-0.1, -0.05) is 52.5 Å². The average Bonchev–Trinajstić information content (AvgIpc) is 2.76. The SMILES string of the molecule is CC/C=C1/OCCC2=C1[C@H]1O[C@@H](O)CC[C@H]3C(CC)(CC)CCC[C@]3(CC)[C@H]1CC2. The second-order valence-corrected chi connectivity index (χ2v) is 10.4. The van der Waals surface area contributed by atoms with E-state index in [1.54, 1.807) is 0 Å². The van der Waals surface area contributed by atoms with Crippen LogP contribution in [0, 0.1) is 22.7 Å². The fourth-order valence-corrected chi connectivity index (χ4v) is 8.15. The number of aliphatic hydroxyl groups is 1. The highest BCUT2D eigenvalue weighted by Crippen LogP contribution is 2.64. The highest BCUT2D eigenvalue weighted by molar-refractivity contribution is 5.40. The molecule has 0 aromatic heterocycles. The lowest BCUT2D eigenvalue weighted by Gasteiger charge is -2.61. The Morgan fingerprint density at radius 1 is 1.00 bits per heavy atom. The zero-order valence-corrected chi connectivity index (χ0v) is 19.8. The van der Waals surface area contributed by atoms with Crippen molar-refractivity contribution < 1.29 is 14.6 Å². The first-order chi connectivity index (χ1) is 14.5. The van der Waals surface area contributed by atoms with E-state index in [1.165, 1.54) is 62.5 Å². The molecule has 1 saturated carbocycles. The van der Waals surface area contributed by atoms with Crippen molar-refractivity contribution >= 4 is 0 Å². The highest BCUT2D eigenvalue weighted by Gasteiger charge is 2.58. The van der Waals surface area contributed by atoms with Crippen LogP contribution >= 0.6 is 0 Å². The normalized spacial score (nSPS) is 40.0. The molecule has 4 rings (SSSR count). The number of ether oxygens (including phenoxy) is 2. The van der Waals surface area contributed by atoms with E-state index in [4.69, 9.17) is 9.47 Å². The van der Waals surface area contributed by atoms with Crippen LogP contribution in [0.1, 0.15) is 105 Å². The first kappa shape index (κ1) is 22.4. The largest absolute Gasteiger partial charge is 0.493 e. The van der Waals surface area contributed by atoms with E-state index in [0.717, 1.165) is 38.0 Å². The molecule has 2 aliphatic carbocycles. The van der Waals surface area contributed by atoms with E-state index in [0.29, 0.717) is 22.7 Å². The predicted octanol–water partition coefficient (Wildman–Crippen LogP) is 6.91. The molecule has 3 nitrogen and oxygen atoms in total. The Morgan fingerprint density at radius 2 is 1.80 bits per heavy atom. The molecule has 0 aromatic rings. The zero-order chi connectivity index (χ0) is 21.4. The Balaban J connectivity index is 1.83. The van der Waals surface area contributed by atoms with Gasteiger partial charge in [-0.3, -0.25) is 0 Å². The van der Waals surface area contributed by atoms with E-state index in [9.17, 15) is 5.11 Å². The topological polar surface area (TPSA) is 38.7 Å². The van der Waals surface area contributed by atoms with Gasteiger partial charge >= 0.3 is 0 Å². The van der Waals surface area contributed by atoms with Crippen molar-refractivity contribution in [2.24, 2.45) is 22.7 Å². The van der Waals surface area contributed by atoms with Crippen LogP contribution in [-0.4, -0.2) is 24.1 Å². The van der Waals surface area contributed by atoms with Gasteiger partial charge in [0.25, 0.3) is 0 Å². The number of hydrogen-bond acceptors (Lipinski definition) is 3. The van der Waals surface area contributed by atoms with E-state index in [2.05, 4.69) is 33.8 Å². The fraction of sp³-hybridized carbons (Fsp3) is 0.852. The number of fused-ring (bicyclic) bond motifs is 4. The molecule has 3 heteroatoms. The molecule has 5 atom stereocenters. The maximum atomic E-state index is 10.9. The first-order valence-corrected chi connectivity index (χ1v) is 12.9. The molecular weight excluding hydrogens is 372 g/mol. The van der Waals surface area contributed by atoms with E-state index >= 15 is 0 Å². The van der Waals surface area contributed by atoms with E-state index in [-0.39, 0.29) is 6.10 Å². The number of allylic oxidation sites excluding steroid dienone is 1. The van der Waals surface area contributed by atoms with Gasteiger partial charge in [0.2, 0.25) is 0 Å². The minimum atomic E-state index is -0.655. The minimum absolute atomic E-state index is 0.00545. The highest BCUT2D eigenvalue weighted by atomic mass is 16.6. The minimum Gasteiger partial charge on any atom is -0.493 e. The van der Waals surface area contributed by atoms with Gasteiger partial charge in [0, 0.05) is 12.0 Å². The zero-order valence-electron chi connectivity index (χ0n) is 19.8. The van der Waals surface area contributed by atoms with Crippen molar-refractivity contribution in [3.8, 4) is 0 Å². The van der Waals surface area contributed by atoms with Gasteiger partial charge in [0.15, 0.2) is 6.29 Å². The number of rotatable bonds is 4. The quantitative estimate of drug-likeness (QED) is 0.541. The van der Waals surface area contributed by atoms with Crippen LogP contribution in [0.2, 0.25) is 0 Å². The Bertz CT molecular complexity index is 674. The summed E-state index contributed by atoms with van der Waals surface area (Å²) in [4.78, 5) is 0. The van der Waals surface area contributed by atoms with Gasteiger partial charge in [-0.15, -0.1) is 0 Å². The van der Waals surface area contributed by atoms with Crippen molar-refractivity contribution in [1.29, 1.82) is 0 Å². The monoisotopic (exact) mass is 416 g/mol. The van der Waals surface area contributed by atoms with Crippen molar-refractivity contribution in [1.82, 2.24) is 0 Å². The third-order valence-electron chi connectivity index (χ3n) is 9.67. The molecule has 0 radical (unpaired) electrons. The predicted molar refractivity (Wildman–Crippen MR) is 122 cm³/mol. The Labute approximate surface area is 184 Å². The third kappa shape index (κ3) is 3.48. The maximum absolute atomic E-state index is 10.9. The smallest absolute Gasteiger partial charge is 0.155 e. The van der Waals surface area contributed by atoms with Crippen LogP contribution in [-0.2, 0) is 9.47 Å². The lowest BCUT2D eigenvalue weighted by molar-refractivity contribution is -0.208. The summed E-state index contributed by atoms with van der Waals surface area (Å²) in [6, 6.07) is 0. The molecule has 0 bridgehead atoms. The third-order valence-corrected chi connectivity index (χ3v) is 9.67. The second kappa shape index (κ2) is 8.98. The summed E-state index contributed by atoms with van der Waals surface area (Å²) in [6.45, 7) is 10.2. The van der Waals surface area contributed by atoms with Crippen LogP contribution in [0.4, 0.5) is 0 Å². The van der Waals surface area contributed by atoms with Gasteiger partial charge in [-0.2, -0.15) is 0 Å². The molecule has 0 aromatic carbocycles. The number of aliphatic hydroxyl groups excluding tert-OH is 1. The fourth-order valence-electron chi connectivity index (χ4n) is 8.15. The van der Waals surface area contributed by atoms with Crippen molar-refractivity contribution in [2.45, 2.75) is 117 Å². The maximum Gasteiger partial charge on any atom is 0.155 e. The summed E-state index contributed by atoms with van der Waals surface area (Å²) < 4.78 is 12.7. The molecule has 1 N–H and O–H groups in total. The molecule has 170 valence electrons. The van der Waals surface area contributed by atoms with Crippen molar-refractivity contribution in [2.75, 3.05) is 6.61 Å².